The molecule has 1 N–H and O–H groups in total. The summed E-state index contributed by atoms with van der Waals surface area (Å²) in [5, 5.41) is 10.6. The smallest absolute Gasteiger partial charge is 0.315 e. The van der Waals surface area contributed by atoms with Gasteiger partial charge in [-0.05, 0) is 90.9 Å². The van der Waals surface area contributed by atoms with Crippen molar-refractivity contribution in [2.45, 2.75) is 64.9 Å². The summed E-state index contributed by atoms with van der Waals surface area (Å²) in [5.74, 6) is -0.603. The number of benzene rings is 2. The summed E-state index contributed by atoms with van der Waals surface area (Å²) in [6, 6.07) is 9.12. The first kappa shape index (κ1) is 29.6. The molecule has 1 aliphatic heterocycles. The third-order valence-electron chi connectivity index (χ3n) is 7.62. The van der Waals surface area contributed by atoms with Gasteiger partial charge in [0.05, 0.1) is 31.4 Å². The molecule has 214 valence electrons. The molecule has 8 nitrogen and oxygen atoms in total. The monoisotopic (exact) mass is 613 g/mol. The first-order valence-electron chi connectivity index (χ1n) is 13.5. The van der Waals surface area contributed by atoms with Crippen molar-refractivity contribution in [3.63, 3.8) is 0 Å². The van der Waals surface area contributed by atoms with Crippen molar-refractivity contribution in [3.8, 4) is 23.0 Å². The minimum absolute atomic E-state index is 0.0387. The fraction of sp³-hybridized carbons (Fsp3) is 0.452. The molecule has 0 fully saturated rings. The lowest BCUT2D eigenvalue weighted by molar-refractivity contribution is -0.151. The second-order valence-corrected chi connectivity index (χ2v) is 11.0. The molecule has 0 saturated carbocycles. The molecular weight excluding hydrogens is 578 g/mol. The number of phenols is 1. The van der Waals surface area contributed by atoms with Crippen LogP contribution in [-0.2, 0) is 14.3 Å². The van der Waals surface area contributed by atoms with Crippen LogP contribution in [0.1, 0.15) is 69.9 Å². The lowest BCUT2D eigenvalue weighted by Crippen LogP contribution is -2.39. The van der Waals surface area contributed by atoms with Gasteiger partial charge in [-0.15, -0.1) is 0 Å². The molecule has 1 aliphatic carbocycles. The summed E-state index contributed by atoms with van der Waals surface area (Å²) >= 11 is 3.43. The molecule has 0 saturated heterocycles. The Kier molecular flexibility index (Phi) is 9.23. The number of aliphatic imine (C=N–C) groups is 1. The highest BCUT2D eigenvalue weighted by molar-refractivity contribution is 9.10. The van der Waals surface area contributed by atoms with Crippen LogP contribution in [-0.4, -0.2) is 49.5 Å². The maximum absolute atomic E-state index is 14.0. The van der Waals surface area contributed by atoms with E-state index in [0.29, 0.717) is 58.0 Å². The van der Waals surface area contributed by atoms with Gasteiger partial charge in [0.2, 0.25) is 0 Å². The van der Waals surface area contributed by atoms with Crippen molar-refractivity contribution in [1.82, 2.24) is 0 Å². The number of hydrogen-bond acceptors (Lipinski definition) is 8. The van der Waals surface area contributed by atoms with E-state index in [9.17, 15) is 14.7 Å². The Morgan fingerprint density at radius 1 is 1.07 bits per heavy atom. The van der Waals surface area contributed by atoms with Crippen LogP contribution < -0.4 is 14.2 Å². The van der Waals surface area contributed by atoms with Crippen molar-refractivity contribution in [2.75, 3.05) is 20.8 Å². The number of rotatable bonds is 9. The summed E-state index contributed by atoms with van der Waals surface area (Å²) in [6.45, 7) is 7.76. The minimum Gasteiger partial charge on any atom is -0.503 e. The number of hydrogen-bond donors (Lipinski definition) is 1. The van der Waals surface area contributed by atoms with Gasteiger partial charge in [0.1, 0.15) is 5.92 Å². The molecular formula is C31H36BrNO7. The Labute approximate surface area is 243 Å². The molecule has 4 rings (SSSR count). The van der Waals surface area contributed by atoms with E-state index in [0.717, 1.165) is 5.56 Å². The Morgan fingerprint density at radius 2 is 1.77 bits per heavy atom. The van der Waals surface area contributed by atoms with Crippen LogP contribution in [0.2, 0.25) is 0 Å². The number of ether oxygens (including phenoxy) is 4. The first-order valence-corrected chi connectivity index (χ1v) is 14.3. The summed E-state index contributed by atoms with van der Waals surface area (Å²) in [7, 11) is 3.17. The zero-order chi connectivity index (χ0) is 29.1. The molecule has 2 aliphatic rings. The van der Waals surface area contributed by atoms with Gasteiger partial charge in [-0.2, -0.15) is 0 Å². The predicted octanol–water partition coefficient (Wildman–Crippen LogP) is 6.49. The summed E-state index contributed by atoms with van der Waals surface area (Å²) in [4.78, 5) is 32.4. The van der Waals surface area contributed by atoms with Crippen LogP contribution in [0, 0.1) is 5.92 Å². The van der Waals surface area contributed by atoms with Crippen LogP contribution in [0.4, 0.5) is 0 Å². The molecule has 0 radical (unpaired) electrons. The van der Waals surface area contributed by atoms with Gasteiger partial charge in [-0.3, -0.25) is 14.6 Å². The topological polar surface area (TPSA) is 104 Å². The Bertz CT molecular complexity index is 1370. The number of esters is 1. The number of carbonyl (C=O) groups excluding carboxylic acids is 2. The fourth-order valence-electron chi connectivity index (χ4n) is 5.46. The van der Waals surface area contributed by atoms with E-state index >= 15 is 0 Å². The van der Waals surface area contributed by atoms with E-state index in [1.54, 1.807) is 26.4 Å². The van der Waals surface area contributed by atoms with Crippen molar-refractivity contribution < 1.29 is 33.6 Å². The molecule has 1 heterocycles. The van der Waals surface area contributed by atoms with Crippen LogP contribution in [0.15, 0.2) is 51.1 Å². The second kappa shape index (κ2) is 12.5. The van der Waals surface area contributed by atoms with Crippen LogP contribution in [0.3, 0.4) is 0 Å². The molecule has 9 heteroatoms. The first-order chi connectivity index (χ1) is 19.1. The van der Waals surface area contributed by atoms with E-state index in [-0.39, 0.29) is 35.7 Å². The molecule has 2 aromatic carbocycles. The Hall–Kier alpha value is -3.33. The minimum atomic E-state index is -0.791. The van der Waals surface area contributed by atoms with Crippen molar-refractivity contribution in [3.05, 3.63) is 57.2 Å². The molecule has 4 atom stereocenters. The van der Waals surface area contributed by atoms with Gasteiger partial charge in [-0.1, -0.05) is 13.0 Å². The van der Waals surface area contributed by atoms with Gasteiger partial charge < -0.3 is 24.1 Å². The van der Waals surface area contributed by atoms with Crippen LogP contribution in [0.25, 0.3) is 0 Å². The number of phenolic OH excluding ortho intramolecular Hbond substituents is 1. The van der Waals surface area contributed by atoms with E-state index in [2.05, 4.69) is 15.9 Å². The van der Waals surface area contributed by atoms with Crippen molar-refractivity contribution in [1.29, 1.82) is 0 Å². The third kappa shape index (κ3) is 5.75. The summed E-state index contributed by atoms with van der Waals surface area (Å²) < 4.78 is 22.7. The Morgan fingerprint density at radius 3 is 2.42 bits per heavy atom. The van der Waals surface area contributed by atoms with Gasteiger partial charge in [0.15, 0.2) is 28.8 Å². The molecule has 4 unspecified atom stereocenters. The lowest BCUT2D eigenvalue weighted by Gasteiger charge is -2.37. The predicted molar refractivity (Wildman–Crippen MR) is 156 cm³/mol. The molecule has 0 aromatic heterocycles. The quantitative estimate of drug-likeness (QED) is 0.322. The van der Waals surface area contributed by atoms with E-state index in [4.69, 9.17) is 23.9 Å². The standard InChI is InChI=1S/C31H36BrNO7/c1-7-16(3)40-31(36)27-17(4)33-22-12-19(18-9-10-24(37-5)25(14-18)38-6)13-23(34)29(22)28(27)20-11-21(32)30(35)26(15-20)39-8-2/h9-11,14-16,19,27-28,35H,7-8,12-13H2,1-6H3. The number of halogens is 1. The maximum Gasteiger partial charge on any atom is 0.315 e. The zero-order valence-corrected chi connectivity index (χ0v) is 25.3. The van der Waals surface area contributed by atoms with E-state index in [1.165, 1.54) is 0 Å². The highest BCUT2D eigenvalue weighted by Crippen LogP contribution is 2.49. The SMILES string of the molecule is CCOc1cc(C2C3=C(CC(c4ccc(OC)c(OC)c4)CC3=O)N=C(C)C2C(=O)OC(C)CC)cc(Br)c1O. The van der Waals surface area contributed by atoms with Crippen LogP contribution in [0.5, 0.6) is 23.0 Å². The molecule has 0 amide bonds. The fourth-order valence-corrected chi connectivity index (χ4v) is 5.92. The largest absolute Gasteiger partial charge is 0.503 e. The number of nitrogens with zero attached hydrogens (tertiary/aromatic N) is 1. The molecule has 40 heavy (non-hydrogen) atoms. The number of aromatic hydroxyl groups is 1. The normalized spacial score (nSPS) is 21.3. The van der Waals surface area contributed by atoms with Gasteiger partial charge in [-0.25, -0.2) is 0 Å². The molecule has 0 spiro atoms. The van der Waals surface area contributed by atoms with Crippen LogP contribution >= 0.6 is 15.9 Å². The number of allylic oxidation sites excluding steroid dienone is 2. The Balaban J connectivity index is 1.83. The number of Topliss-reactive ketones (excluding diaryl/α,β-unsaturated/α-hetero) is 1. The average molecular weight is 615 g/mol. The third-order valence-corrected chi connectivity index (χ3v) is 8.23. The van der Waals surface area contributed by atoms with Gasteiger partial charge >= 0.3 is 5.97 Å². The highest BCUT2D eigenvalue weighted by atomic mass is 79.9. The number of ketones is 1. The van der Waals surface area contributed by atoms with Crippen molar-refractivity contribution >= 4 is 33.4 Å². The zero-order valence-electron chi connectivity index (χ0n) is 23.7. The highest BCUT2D eigenvalue weighted by Gasteiger charge is 2.45. The second-order valence-electron chi connectivity index (χ2n) is 10.1. The van der Waals surface area contributed by atoms with Gasteiger partial charge in [0, 0.05) is 29.3 Å². The summed E-state index contributed by atoms with van der Waals surface area (Å²) in [5.41, 5.74) is 3.37. The average Bonchev–Trinajstić information content (AvgIpc) is 2.93. The maximum atomic E-state index is 14.0. The number of carbonyl (C=O) groups is 2. The van der Waals surface area contributed by atoms with Gasteiger partial charge in [0.25, 0.3) is 0 Å². The van der Waals surface area contributed by atoms with Crippen molar-refractivity contribution in [2.24, 2.45) is 10.9 Å². The number of methoxy groups -OCH3 is 2. The van der Waals surface area contributed by atoms with E-state index < -0.39 is 17.8 Å². The molecule has 0 bridgehead atoms. The summed E-state index contributed by atoms with van der Waals surface area (Å²) in [6.07, 6.45) is 1.16. The molecule has 2 aromatic rings. The lowest BCUT2D eigenvalue weighted by atomic mass is 9.69. The van der Waals surface area contributed by atoms with E-state index in [1.807, 2.05) is 45.9 Å².